The van der Waals surface area contributed by atoms with Gasteiger partial charge in [-0.2, -0.15) is 0 Å². The average molecular weight is 142 g/mol. The summed E-state index contributed by atoms with van der Waals surface area (Å²) in [6, 6.07) is 0. The van der Waals surface area contributed by atoms with E-state index in [1.807, 2.05) is 0 Å². The lowest BCUT2D eigenvalue weighted by atomic mass is 9.92. The van der Waals surface area contributed by atoms with E-state index in [0.717, 1.165) is 11.8 Å². The quantitative estimate of drug-likeness (QED) is 0.547. The van der Waals surface area contributed by atoms with Crippen molar-refractivity contribution in [3.63, 3.8) is 0 Å². The van der Waals surface area contributed by atoms with Crippen LogP contribution in [0.3, 0.4) is 0 Å². The zero-order valence-corrected chi connectivity index (χ0v) is 7.98. The average Bonchev–Trinajstić information content (AvgIpc) is 1.88. The van der Waals surface area contributed by atoms with Crippen LogP contribution in [0.2, 0.25) is 0 Å². The van der Waals surface area contributed by atoms with Crippen LogP contribution in [0.5, 0.6) is 0 Å². The van der Waals surface area contributed by atoms with Crippen molar-refractivity contribution >= 4 is 0 Å². The summed E-state index contributed by atoms with van der Waals surface area (Å²) in [5.74, 6) is 1.88. The summed E-state index contributed by atoms with van der Waals surface area (Å²) in [5.41, 5.74) is 0. The van der Waals surface area contributed by atoms with Gasteiger partial charge < -0.3 is 0 Å². The van der Waals surface area contributed by atoms with E-state index in [9.17, 15) is 0 Å². The predicted molar refractivity (Wildman–Crippen MR) is 48.1 cm³/mol. The second kappa shape index (κ2) is 5.76. The van der Waals surface area contributed by atoms with Gasteiger partial charge in [0, 0.05) is 0 Å². The molecule has 0 saturated heterocycles. The molecule has 0 spiro atoms. The maximum absolute atomic E-state index is 2.37. The fraction of sp³-hybridized carbons (Fsp3) is 1.00. The maximum Gasteiger partial charge on any atom is -0.0440 e. The van der Waals surface area contributed by atoms with Crippen molar-refractivity contribution in [1.82, 2.24) is 0 Å². The fourth-order valence-electron chi connectivity index (χ4n) is 1.46. The minimum atomic E-state index is 0.932. The zero-order valence-electron chi connectivity index (χ0n) is 7.98. The Labute approximate surface area is 66.0 Å². The van der Waals surface area contributed by atoms with Gasteiger partial charge in [0.15, 0.2) is 0 Å². The van der Waals surface area contributed by atoms with Crippen LogP contribution < -0.4 is 0 Å². The van der Waals surface area contributed by atoms with Crippen molar-refractivity contribution in [3.8, 4) is 0 Å². The van der Waals surface area contributed by atoms with E-state index >= 15 is 0 Å². The van der Waals surface area contributed by atoms with Gasteiger partial charge in [-0.15, -0.1) is 0 Å². The van der Waals surface area contributed by atoms with Crippen molar-refractivity contribution in [3.05, 3.63) is 0 Å². The van der Waals surface area contributed by atoms with Gasteiger partial charge in [-0.3, -0.25) is 0 Å². The summed E-state index contributed by atoms with van der Waals surface area (Å²) < 4.78 is 0. The molecule has 0 amide bonds. The van der Waals surface area contributed by atoms with Crippen LogP contribution >= 0.6 is 0 Å². The van der Waals surface area contributed by atoms with Crippen LogP contribution in [-0.2, 0) is 0 Å². The molecule has 0 aliphatic heterocycles. The topological polar surface area (TPSA) is 0 Å². The summed E-state index contributed by atoms with van der Waals surface area (Å²) in [5, 5.41) is 0. The Morgan fingerprint density at radius 1 is 1.00 bits per heavy atom. The molecule has 0 aromatic heterocycles. The molecule has 0 aromatic rings. The van der Waals surface area contributed by atoms with Gasteiger partial charge in [-0.25, -0.2) is 0 Å². The third-order valence-corrected chi connectivity index (χ3v) is 2.28. The molecule has 0 nitrogen and oxygen atoms in total. The third-order valence-electron chi connectivity index (χ3n) is 2.28. The standard InChI is InChI=1S/C10H22/c1-5-7-10(4)8-9(3)6-2/h9-10H,5-8H2,1-4H3/t9-,10-/m0/s1. The highest BCUT2D eigenvalue weighted by molar-refractivity contribution is 4.57. The van der Waals surface area contributed by atoms with E-state index in [-0.39, 0.29) is 0 Å². The Morgan fingerprint density at radius 3 is 2.00 bits per heavy atom. The minimum Gasteiger partial charge on any atom is -0.0654 e. The molecule has 0 bridgehead atoms. The van der Waals surface area contributed by atoms with Crippen LogP contribution in [0.15, 0.2) is 0 Å². The first kappa shape index (κ1) is 10.0. The van der Waals surface area contributed by atoms with E-state index in [0.29, 0.717) is 0 Å². The van der Waals surface area contributed by atoms with E-state index in [1.54, 1.807) is 0 Å². The predicted octanol–water partition coefficient (Wildman–Crippen LogP) is 3.86. The van der Waals surface area contributed by atoms with Gasteiger partial charge in [-0.1, -0.05) is 47.0 Å². The fourth-order valence-corrected chi connectivity index (χ4v) is 1.46. The summed E-state index contributed by atoms with van der Waals surface area (Å²) in [6.07, 6.45) is 5.51. The monoisotopic (exact) mass is 142 g/mol. The molecule has 0 heteroatoms. The number of hydrogen-bond donors (Lipinski definition) is 0. The van der Waals surface area contributed by atoms with Gasteiger partial charge in [0.25, 0.3) is 0 Å². The Morgan fingerprint density at radius 2 is 1.60 bits per heavy atom. The highest BCUT2D eigenvalue weighted by Gasteiger charge is 2.04. The molecule has 0 aromatic carbocycles. The zero-order chi connectivity index (χ0) is 7.98. The largest absolute Gasteiger partial charge is 0.0654 e. The third kappa shape index (κ3) is 4.84. The van der Waals surface area contributed by atoms with Gasteiger partial charge in [0.1, 0.15) is 0 Å². The first-order valence-electron chi connectivity index (χ1n) is 4.70. The molecule has 0 heterocycles. The maximum atomic E-state index is 2.37. The van der Waals surface area contributed by atoms with Crippen LogP contribution in [0.25, 0.3) is 0 Å². The molecule has 0 aliphatic rings. The second-order valence-corrected chi connectivity index (χ2v) is 3.64. The van der Waals surface area contributed by atoms with Crippen molar-refractivity contribution in [1.29, 1.82) is 0 Å². The molecule has 0 aliphatic carbocycles. The molecule has 0 unspecified atom stereocenters. The first-order chi connectivity index (χ1) is 4.70. The van der Waals surface area contributed by atoms with Gasteiger partial charge >= 0.3 is 0 Å². The normalized spacial score (nSPS) is 16.8. The van der Waals surface area contributed by atoms with Crippen LogP contribution in [0.4, 0.5) is 0 Å². The summed E-state index contributed by atoms with van der Waals surface area (Å²) in [7, 11) is 0. The van der Waals surface area contributed by atoms with Crippen LogP contribution in [0, 0.1) is 11.8 Å². The van der Waals surface area contributed by atoms with Gasteiger partial charge in [0.2, 0.25) is 0 Å². The van der Waals surface area contributed by atoms with Crippen molar-refractivity contribution < 1.29 is 0 Å². The number of rotatable bonds is 5. The SMILES string of the molecule is CCC[C@H](C)C[C@@H](C)CC. The van der Waals surface area contributed by atoms with E-state index in [1.165, 1.54) is 25.7 Å². The molecule has 0 fully saturated rings. The van der Waals surface area contributed by atoms with E-state index in [2.05, 4.69) is 27.7 Å². The van der Waals surface area contributed by atoms with E-state index in [4.69, 9.17) is 0 Å². The molecule has 2 atom stereocenters. The number of hydrogen-bond acceptors (Lipinski definition) is 0. The molecular weight excluding hydrogens is 120 g/mol. The highest BCUT2D eigenvalue weighted by Crippen LogP contribution is 2.18. The first-order valence-corrected chi connectivity index (χ1v) is 4.70. The lowest BCUT2D eigenvalue weighted by Crippen LogP contribution is -2.01. The Hall–Kier alpha value is 0. The Kier molecular flexibility index (Phi) is 5.76. The summed E-state index contributed by atoms with van der Waals surface area (Å²) >= 11 is 0. The lowest BCUT2D eigenvalue weighted by Gasteiger charge is -2.14. The van der Waals surface area contributed by atoms with Crippen LogP contribution in [0.1, 0.15) is 53.4 Å². The molecule has 62 valence electrons. The Bertz CT molecular complexity index is 66.4. The summed E-state index contributed by atoms with van der Waals surface area (Å²) in [6.45, 7) is 9.28. The van der Waals surface area contributed by atoms with Crippen molar-refractivity contribution in [2.45, 2.75) is 53.4 Å². The summed E-state index contributed by atoms with van der Waals surface area (Å²) in [4.78, 5) is 0. The molecule has 0 rings (SSSR count). The lowest BCUT2D eigenvalue weighted by molar-refractivity contribution is 0.384. The van der Waals surface area contributed by atoms with Crippen molar-refractivity contribution in [2.75, 3.05) is 0 Å². The van der Waals surface area contributed by atoms with Crippen LogP contribution in [-0.4, -0.2) is 0 Å². The molecule has 10 heavy (non-hydrogen) atoms. The Balaban J connectivity index is 3.27. The molecular formula is C10H22. The molecule has 0 saturated carbocycles. The molecule has 0 N–H and O–H groups in total. The highest BCUT2D eigenvalue weighted by atomic mass is 14.1. The smallest absolute Gasteiger partial charge is 0.0440 e. The van der Waals surface area contributed by atoms with E-state index < -0.39 is 0 Å². The van der Waals surface area contributed by atoms with Gasteiger partial charge in [-0.05, 0) is 18.3 Å². The molecule has 0 radical (unpaired) electrons. The van der Waals surface area contributed by atoms with Crippen molar-refractivity contribution in [2.24, 2.45) is 11.8 Å². The second-order valence-electron chi connectivity index (χ2n) is 3.64. The minimum absolute atomic E-state index is 0.932. The van der Waals surface area contributed by atoms with Gasteiger partial charge in [0.05, 0.1) is 0 Å².